The Labute approximate surface area is 131 Å². The van der Waals surface area contributed by atoms with Gasteiger partial charge < -0.3 is 10.1 Å². The van der Waals surface area contributed by atoms with Gasteiger partial charge in [-0.2, -0.15) is 13.2 Å². The molecule has 0 atom stereocenters. The van der Waals surface area contributed by atoms with Crippen LogP contribution in [0.15, 0.2) is 23.1 Å². The van der Waals surface area contributed by atoms with Crippen molar-refractivity contribution in [3.63, 3.8) is 0 Å². The van der Waals surface area contributed by atoms with Gasteiger partial charge >= 0.3 is 6.18 Å². The Morgan fingerprint density at radius 3 is 2.52 bits per heavy atom. The molecule has 0 aromatic heterocycles. The number of halogens is 3. The van der Waals surface area contributed by atoms with Gasteiger partial charge in [0, 0.05) is 11.6 Å². The van der Waals surface area contributed by atoms with Crippen LogP contribution in [0.3, 0.4) is 0 Å². The first-order chi connectivity index (χ1) is 10.6. The first-order valence-electron chi connectivity index (χ1n) is 6.68. The van der Waals surface area contributed by atoms with Crippen molar-refractivity contribution in [2.45, 2.75) is 30.0 Å². The zero-order chi connectivity index (χ0) is 17.3. The topological polar surface area (TPSA) is 84.5 Å². The number of nitrogens with one attached hydrogen (secondary N) is 2. The summed E-state index contributed by atoms with van der Waals surface area (Å²) in [6, 6.07) is 3.26. The molecule has 0 saturated heterocycles. The zero-order valence-corrected chi connectivity index (χ0v) is 12.9. The first kappa shape index (κ1) is 17.5. The monoisotopic (exact) mass is 352 g/mol. The summed E-state index contributed by atoms with van der Waals surface area (Å²) in [6.45, 7) is -1.50. The number of hydrogen-bond acceptors (Lipinski definition) is 4. The first-order valence-corrected chi connectivity index (χ1v) is 8.16. The minimum absolute atomic E-state index is 0.00511. The molecule has 6 nitrogen and oxygen atoms in total. The molecular formula is C13H15F3N2O4S. The lowest BCUT2D eigenvalue weighted by Gasteiger charge is -2.13. The van der Waals surface area contributed by atoms with E-state index in [2.05, 4.69) is 4.72 Å². The Hall–Kier alpha value is -1.81. The third kappa shape index (κ3) is 4.83. The SMILES string of the molecule is COc1ccc(C(=O)NCC(F)(F)F)cc1S(=O)(=O)NC1CC1. The summed E-state index contributed by atoms with van der Waals surface area (Å²) in [7, 11) is -2.66. The number of benzene rings is 1. The molecule has 1 amide bonds. The molecule has 23 heavy (non-hydrogen) atoms. The number of amides is 1. The minimum atomic E-state index is -4.55. The van der Waals surface area contributed by atoms with E-state index in [1.54, 1.807) is 5.32 Å². The molecule has 0 heterocycles. The summed E-state index contributed by atoms with van der Waals surface area (Å²) in [5, 5.41) is 1.69. The maximum Gasteiger partial charge on any atom is 0.405 e. The second kappa shape index (κ2) is 6.36. The maximum absolute atomic E-state index is 12.3. The largest absolute Gasteiger partial charge is 0.495 e. The molecule has 1 aromatic rings. The van der Waals surface area contributed by atoms with E-state index in [1.165, 1.54) is 19.2 Å². The van der Waals surface area contributed by atoms with Crippen LogP contribution in [0.1, 0.15) is 23.2 Å². The predicted octanol–water partition coefficient (Wildman–Crippen LogP) is 1.43. The van der Waals surface area contributed by atoms with Crippen molar-refractivity contribution in [2.24, 2.45) is 0 Å². The van der Waals surface area contributed by atoms with Gasteiger partial charge in [-0.1, -0.05) is 0 Å². The Morgan fingerprint density at radius 2 is 2.00 bits per heavy atom. The normalized spacial score (nSPS) is 15.3. The molecular weight excluding hydrogens is 337 g/mol. The van der Waals surface area contributed by atoms with Crippen LogP contribution in [0, 0.1) is 0 Å². The summed E-state index contributed by atoms with van der Waals surface area (Å²) < 4.78 is 68.3. The maximum atomic E-state index is 12.3. The van der Waals surface area contributed by atoms with E-state index >= 15 is 0 Å². The molecule has 1 aromatic carbocycles. The number of rotatable bonds is 6. The van der Waals surface area contributed by atoms with E-state index in [0.717, 1.165) is 6.07 Å². The molecule has 0 aliphatic heterocycles. The van der Waals surface area contributed by atoms with E-state index in [1.807, 2.05) is 0 Å². The molecule has 0 radical (unpaired) electrons. The van der Waals surface area contributed by atoms with E-state index in [9.17, 15) is 26.4 Å². The van der Waals surface area contributed by atoms with Gasteiger partial charge in [0.05, 0.1) is 7.11 Å². The van der Waals surface area contributed by atoms with Crippen LogP contribution in [-0.4, -0.2) is 40.2 Å². The average molecular weight is 352 g/mol. The molecule has 1 aliphatic carbocycles. The van der Waals surface area contributed by atoms with Gasteiger partial charge in [0.1, 0.15) is 17.2 Å². The molecule has 10 heteroatoms. The fraction of sp³-hybridized carbons (Fsp3) is 0.462. The van der Waals surface area contributed by atoms with Crippen LogP contribution in [0.2, 0.25) is 0 Å². The third-order valence-electron chi connectivity index (χ3n) is 3.06. The second-order valence-corrected chi connectivity index (χ2v) is 6.74. The highest BCUT2D eigenvalue weighted by Gasteiger charge is 2.31. The zero-order valence-electron chi connectivity index (χ0n) is 12.1. The summed E-state index contributed by atoms with van der Waals surface area (Å²) >= 11 is 0. The Bertz CT molecular complexity index is 700. The molecule has 2 rings (SSSR count). The molecule has 2 N–H and O–H groups in total. The Balaban J connectivity index is 2.26. The van der Waals surface area contributed by atoms with Gasteiger partial charge in [0.25, 0.3) is 5.91 Å². The highest BCUT2D eigenvalue weighted by atomic mass is 32.2. The van der Waals surface area contributed by atoms with Crippen molar-refractivity contribution in [1.82, 2.24) is 10.0 Å². The number of sulfonamides is 1. The van der Waals surface area contributed by atoms with Crippen LogP contribution in [0.25, 0.3) is 0 Å². The van der Waals surface area contributed by atoms with Gasteiger partial charge in [-0.15, -0.1) is 0 Å². The lowest BCUT2D eigenvalue weighted by molar-refractivity contribution is -0.123. The van der Waals surface area contributed by atoms with Gasteiger partial charge in [0.15, 0.2) is 0 Å². The van der Waals surface area contributed by atoms with E-state index in [4.69, 9.17) is 4.74 Å². The minimum Gasteiger partial charge on any atom is -0.495 e. The quantitative estimate of drug-likeness (QED) is 0.811. The highest BCUT2D eigenvalue weighted by molar-refractivity contribution is 7.89. The number of ether oxygens (including phenoxy) is 1. The molecule has 128 valence electrons. The molecule has 1 aliphatic rings. The number of alkyl halides is 3. The lowest BCUT2D eigenvalue weighted by atomic mass is 10.2. The van der Waals surface area contributed by atoms with Crippen molar-refractivity contribution in [2.75, 3.05) is 13.7 Å². The molecule has 0 unspecified atom stereocenters. The van der Waals surface area contributed by atoms with Crippen LogP contribution >= 0.6 is 0 Å². The van der Waals surface area contributed by atoms with Gasteiger partial charge in [0.2, 0.25) is 10.0 Å². The van der Waals surface area contributed by atoms with Crippen LogP contribution in [0.4, 0.5) is 13.2 Å². The van der Waals surface area contributed by atoms with Crippen LogP contribution in [-0.2, 0) is 10.0 Å². The molecule has 0 bridgehead atoms. The fourth-order valence-electron chi connectivity index (χ4n) is 1.79. The van der Waals surface area contributed by atoms with Crippen molar-refractivity contribution >= 4 is 15.9 Å². The average Bonchev–Trinajstić information content (AvgIpc) is 3.26. The van der Waals surface area contributed by atoms with Gasteiger partial charge in [-0.05, 0) is 31.0 Å². The fourth-order valence-corrected chi connectivity index (χ4v) is 3.29. The standard InChI is InChI=1S/C13H15F3N2O4S/c1-22-10-5-2-8(12(19)17-7-13(14,15)16)6-11(10)23(20,21)18-9-3-4-9/h2,5-6,9,18H,3-4,7H2,1H3,(H,17,19). The molecule has 1 fully saturated rings. The smallest absolute Gasteiger partial charge is 0.405 e. The Morgan fingerprint density at radius 1 is 1.35 bits per heavy atom. The summed E-state index contributed by atoms with van der Waals surface area (Å²) in [6.07, 6.45) is -3.12. The lowest BCUT2D eigenvalue weighted by Crippen LogP contribution is -2.34. The highest BCUT2D eigenvalue weighted by Crippen LogP contribution is 2.28. The summed E-state index contributed by atoms with van der Waals surface area (Å²) in [4.78, 5) is 11.5. The van der Waals surface area contributed by atoms with Crippen molar-refractivity contribution in [1.29, 1.82) is 0 Å². The number of hydrogen-bond donors (Lipinski definition) is 2. The second-order valence-electron chi connectivity index (χ2n) is 5.06. The molecule has 0 spiro atoms. The van der Waals surface area contributed by atoms with Crippen molar-refractivity contribution in [3.05, 3.63) is 23.8 Å². The van der Waals surface area contributed by atoms with Gasteiger partial charge in [-0.25, -0.2) is 13.1 Å². The van der Waals surface area contributed by atoms with Crippen molar-refractivity contribution < 1.29 is 31.1 Å². The third-order valence-corrected chi connectivity index (χ3v) is 4.61. The number of carbonyl (C=O) groups is 1. The summed E-state index contributed by atoms with van der Waals surface area (Å²) in [5.41, 5.74) is -0.203. The van der Waals surface area contributed by atoms with Crippen LogP contribution in [0.5, 0.6) is 5.75 Å². The summed E-state index contributed by atoms with van der Waals surface area (Å²) in [5.74, 6) is -1.02. The van der Waals surface area contributed by atoms with E-state index in [0.29, 0.717) is 12.8 Å². The van der Waals surface area contributed by atoms with E-state index < -0.39 is 28.7 Å². The Kier molecular flexibility index (Phi) is 4.85. The van der Waals surface area contributed by atoms with Gasteiger partial charge in [-0.3, -0.25) is 4.79 Å². The number of methoxy groups -OCH3 is 1. The number of carbonyl (C=O) groups excluding carboxylic acids is 1. The predicted molar refractivity (Wildman–Crippen MR) is 74.7 cm³/mol. The molecule has 1 saturated carbocycles. The van der Waals surface area contributed by atoms with Crippen molar-refractivity contribution in [3.8, 4) is 5.75 Å². The van der Waals surface area contributed by atoms with E-state index in [-0.39, 0.29) is 22.3 Å². The van der Waals surface area contributed by atoms with Crippen LogP contribution < -0.4 is 14.8 Å².